The summed E-state index contributed by atoms with van der Waals surface area (Å²) in [5, 5.41) is 6.81. The molecule has 21 heavy (non-hydrogen) atoms. The molecule has 0 bridgehead atoms. The first-order valence-electron chi connectivity index (χ1n) is 6.40. The van der Waals surface area contributed by atoms with E-state index in [9.17, 15) is 4.79 Å². The maximum absolute atomic E-state index is 11.6. The number of hydrogen-bond acceptors (Lipinski definition) is 5. The molecule has 0 spiro atoms. The van der Waals surface area contributed by atoms with E-state index in [-0.39, 0.29) is 6.03 Å². The fraction of sp³-hybridized carbons (Fsp3) is 0.143. The summed E-state index contributed by atoms with van der Waals surface area (Å²) in [4.78, 5) is 20.5. The van der Waals surface area contributed by atoms with Crippen LogP contribution in [-0.2, 0) is 0 Å². The number of amidine groups is 1. The summed E-state index contributed by atoms with van der Waals surface area (Å²) in [5.41, 5.74) is 5.08. The van der Waals surface area contributed by atoms with E-state index in [1.807, 2.05) is 36.4 Å². The van der Waals surface area contributed by atoms with Gasteiger partial charge in [0.1, 0.15) is 5.69 Å². The maximum Gasteiger partial charge on any atom is 0.358 e. The molecule has 1 N–H and O–H groups in total. The molecule has 0 aliphatic carbocycles. The number of aromatic nitrogens is 2. The van der Waals surface area contributed by atoms with Gasteiger partial charge in [0.2, 0.25) is 0 Å². The first-order valence-corrected chi connectivity index (χ1v) is 6.40. The average molecular weight is 282 g/mol. The summed E-state index contributed by atoms with van der Waals surface area (Å²) >= 11 is 0. The fourth-order valence-electron chi connectivity index (χ4n) is 1.97. The highest BCUT2D eigenvalue weighted by Crippen LogP contribution is 2.14. The van der Waals surface area contributed by atoms with Gasteiger partial charge < -0.3 is 0 Å². The molecule has 0 saturated heterocycles. The van der Waals surface area contributed by atoms with Gasteiger partial charge in [0.15, 0.2) is 5.84 Å². The smallest absolute Gasteiger partial charge is 0.275 e. The van der Waals surface area contributed by atoms with Crippen LogP contribution in [-0.4, -0.2) is 45.9 Å². The fourth-order valence-corrected chi connectivity index (χ4v) is 1.97. The highest BCUT2D eigenvalue weighted by Gasteiger charge is 2.23. The summed E-state index contributed by atoms with van der Waals surface area (Å²) in [5.74, 6) is 0.511. The third-order valence-electron chi connectivity index (χ3n) is 3.01. The second-order valence-electron chi connectivity index (χ2n) is 4.55. The monoisotopic (exact) mass is 282 g/mol. The lowest BCUT2D eigenvalue weighted by Crippen LogP contribution is -2.52. The van der Waals surface area contributed by atoms with E-state index in [1.165, 1.54) is 10.0 Å². The molecule has 0 fully saturated rings. The Morgan fingerprint density at radius 3 is 2.48 bits per heavy atom. The second-order valence-corrected chi connectivity index (χ2v) is 4.55. The SMILES string of the molecule is CN1N=C(c2cccc(-c3ccccn3)n2)NN(C)C1=O. The number of carbonyl (C=O) groups excluding carboxylic acids is 1. The predicted octanol–water partition coefficient (Wildman–Crippen LogP) is 1.31. The lowest BCUT2D eigenvalue weighted by molar-refractivity contribution is 0.157. The van der Waals surface area contributed by atoms with Crippen molar-refractivity contribution in [3.63, 3.8) is 0 Å². The Bertz CT molecular complexity index is 700. The van der Waals surface area contributed by atoms with E-state index in [4.69, 9.17) is 0 Å². The van der Waals surface area contributed by atoms with Crippen molar-refractivity contribution in [1.82, 2.24) is 25.4 Å². The number of hydrazine groups is 1. The molecule has 7 nitrogen and oxygen atoms in total. The van der Waals surface area contributed by atoms with E-state index in [0.29, 0.717) is 11.5 Å². The van der Waals surface area contributed by atoms with Crippen LogP contribution in [0.3, 0.4) is 0 Å². The summed E-state index contributed by atoms with van der Waals surface area (Å²) in [6.45, 7) is 0. The molecule has 2 amide bonds. The molecule has 1 aliphatic heterocycles. The molecule has 0 aromatic carbocycles. The van der Waals surface area contributed by atoms with Crippen LogP contribution in [0, 0.1) is 0 Å². The van der Waals surface area contributed by atoms with E-state index in [1.54, 1.807) is 20.3 Å². The summed E-state index contributed by atoms with van der Waals surface area (Å²) in [7, 11) is 3.23. The lowest BCUT2D eigenvalue weighted by atomic mass is 10.2. The number of carbonyl (C=O) groups is 1. The van der Waals surface area contributed by atoms with Gasteiger partial charge in [0.25, 0.3) is 0 Å². The van der Waals surface area contributed by atoms with E-state index < -0.39 is 0 Å². The predicted molar refractivity (Wildman–Crippen MR) is 78.1 cm³/mol. The van der Waals surface area contributed by atoms with Gasteiger partial charge in [-0.15, -0.1) is 5.10 Å². The van der Waals surface area contributed by atoms with Gasteiger partial charge in [0, 0.05) is 20.3 Å². The van der Waals surface area contributed by atoms with E-state index in [0.717, 1.165) is 11.4 Å². The van der Waals surface area contributed by atoms with Crippen molar-refractivity contribution in [2.75, 3.05) is 14.1 Å². The van der Waals surface area contributed by atoms with Crippen molar-refractivity contribution >= 4 is 11.9 Å². The summed E-state index contributed by atoms with van der Waals surface area (Å²) in [6.07, 6.45) is 1.72. The molecule has 1 aliphatic rings. The van der Waals surface area contributed by atoms with Crippen molar-refractivity contribution < 1.29 is 4.79 Å². The first kappa shape index (κ1) is 13.0. The van der Waals surface area contributed by atoms with Crippen molar-refractivity contribution in [2.45, 2.75) is 0 Å². The standard InChI is InChI=1S/C14H14N6O/c1-19-14(21)20(2)18-13(17-19)12-8-5-7-11(16-12)10-6-3-4-9-15-10/h3-9H,1-2H3,(H,17,18). The Kier molecular flexibility index (Phi) is 3.23. The molecular formula is C14H14N6O. The molecule has 2 aromatic heterocycles. The summed E-state index contributed by atoms with van der Waals surface area (Å²) in [6, 6.07) is 11.0. The van der Waals surface area contributed by atoms with Crippen LogP contribution in [0.1, 0.15) is 5.69 Å². The first-order chi connectivity index (χ1) is 10.1. The third kappa shape index (κ3) is 2.53. The highest BCUT2D eigenvalue weighted by atomic mass is 16.2. The van der Waals surface area contributed by atoms with Gasteiger partial charge in [-0.2, -0.15) is 0 Å². The molecule has 106 valence electrons. The minimum atomic E-state index is -0.236. The number of rotatable bonds is 2. The normalized spacial score (nSPS) is 14.8. The molecule has 0 saturated carbocycles. The van der Waals surface area contributed by atoms with Crippen LogP contribution in [0.5, 0.6) is 0 Å². The number of amides is 2. The van der Waals surface area contributed by atoms with Gasteiger partial charge in [0.05, 0.1) is 11.4 Å². The van der Waals surface area contributed by atoms with Gasteiger partial charge in [-0.3, -0.25) is 10.4 Å². The molecule has 7 heteroatoms. The van der Waals surface area contributed by atoms with Crippen molar-refractivity contribution in [2.24, 2.45) is 5.10 Å². The average Bonchev–Trinajstić information content (AvgIpc) is 2.53. The number of nitrogens with zero attached hydrogens (tertiary/aromatic N) is 5. The van der Waals surface area contributed by atoms with Gasteiger partial charge in [-0.05, 0) is 24.3 Å². The molecule has 0 radical (unpaired) electrons. The minimum Gasteiger partial charge on any atom is -0.275 e. The molecule has 3 rings (SSSR count). The highest BCUT2D eigenvalue weighted by molar-refractivity contribution is 6.00. The number of urea groups is 1. The zero-order valence-corrected chi connectivity index (χ0v) is 11.7. The zero-order valence-electron chi connectivity index (χ0n) is 11.7. The largest absolute Gasteiger partial charge is 0.358 e. The Morgan fingerprint density at radius 1 is 1.00 bits per heavy atom. The third-order valence-corrected chi connectivity index (χ3v) is 3.01. The molecule has 0 atom stereocenters. The van der Waals surface area contributed by atoms with Crippen molar-refractivity contribution in [1.29, 1.82) is 0 Å². The molecule has 3 heterocycles. The van der Waals surface area contributed by atoms with Crippen LogP contribution < -0.4 is 5.43 Å². The van der Waals surface area contributed by atoms with Crippen LogP contribution in [0.25, 0.3) is 11.4 Å². The quantitative estimate of drug-likeness (QED) is 0.901. The number of hydrazone groups is 1. The number of nitrogens with one attached hydrogen (secondary N) is 1. The van der Waals surface area contributed by atoms with Gasteiger partial charge in [-0.25, -0.2) is 19.8 Å². The van der Waals surface area contributed by atoms with Crippen LogP contribution in [0.4, 0.5) is 4.79 Å². The lowest BCUT2D eigenvalue weighted by Gasteiger charge is -2.29. The van der Waals surface area contributed by atoms with E-state index >= 15 is 0 Å². The maximum atomic E-state index is 11.6. The van der Waals surface area contributed by atoms with Crippen LogP contribution in [0.15, 0.2) is 47.7 Å². The van der Waals surface area contributed by atoms with Crippen molar-refractivity contribution in [3.8, 4) is 11.4 Å². The second kappa shape index (κ2) is 5.20. The molecule has 0 unspecified atom stereocenters. The zero-order chi connectivity index (χ0) is 14.8. The van der Waals surface area contributed by atoms with E-state index in [2.05, 4.69) is 20.5 Å². The topological polar surface area (TPSA) is 73.7 Å². The molecule has 2 aromatic rings. The Labute approximate surface area is 121 Å². The minimum absolute atomic E-state index is 0.236. The molecular weight excluding hydrogens is 268 g/mol. The van der Waals surface area contributed by atoms with Crippen molar-refractivity contribution in [3.05, 3.63) is 48.3 Å². The van der Waals surface area contributed by atoms with Gasteiger partial charge >= 0.3 is 6.03 Å². The number of hydrogen-bond donors (Lipinski definition) is 1. The van der Waals surface area contributed by atoms with Gasteiger partial charge in [-0.1, -0.05) is 12.1 Å². The van der Waals surface area contributed by atoms with Crippen LogP contribution >= 0.6 is 0 Å². The summed E-state index contributed by atoms with van der Waals surface area (Å²) < 4.78 is 0. The van der Waals surface area contributed by atoms with Crippen LogP contribution in [0.2, 0.25) is 0 Å². The Morgan fingerprint density at radius 2 is 1.76 bits per heavy atom. The Hall–Kier alpha value is -2.96. The Balaban J connectivity index is 1.97. The number of pyridine rings is 2.